The second kappa shape index (κ2) is 22.3. The SMILES string of the molecule is CC1(CCCCS(=O)(=O)[O-])C(/C=C/C=C/C=C/C=C2/N(CCCCS(=O)(=O)[O-])c3c(F)c(F)c(F)c(F)c3C2(C)CCCCS(=O)(=O)[O-])=[N+](CCCCCC(=O)O)c2c(F)c(F)c(F)c(F)c21. The fourth-order valence-electron chi connectivity index (χ4n) is 8.64. The zero-order valence-electron chi connectivity index (χ0n) is 36.2. The Kier molecular flexibility index (Phi) is 18.3. The van der Waals surface area contributed by atoms with Crippen molar-refractivity contribution in [3.63, 3.8) is 0 Å². The first kappa shape index (κ1) is 55.1. The molecule has 0 aromatic heterocycles. The van der Waals surface area contributed by atoms with Gasteiger partial charge in [0, 0.05) is 59.4 Å². The molecule has 24 heteroatoms. The van der Waals surface area contributed by atoms with Gasteiger partial charge in [-0.05, 0) is 71.3 Å². The van der Waals surface area contributed by atoms with Crippen molar-refractivity contribution >= 4 is 53.4 Å². The van der Waals surface area contributed by atoms with E-state index in [9.17, 15) is 61.3 Å². The van der Waals surface area contributed by atoms with Gasteiger partial charge in [0.15, 0.2) is 40.6 Å². The van der Waals surface area contributed by atoms with Crippen molar-refractivity contribution in [2.45, 2.75) is 102 Å². The van der Waals surface area contributed by atoms with E-state index in [0.29, 0.717) is 0 Å². The number of carboxylic acid groups (broad SMARTS) is 1. The number of anilines is 1. The lowest BCUT2D eigenvalue weighted by atomic mass is 9.75. The van der Waals surface area contributed by atoms with Gasteiger partial charge in [-0.2, -0.15) is 8.97 Å². The third-order valence-corrected chi connectivity index (χ3v) is 14.1. The van der Waals surface area contributed by atoms with Crippen molar-refractivity contribution < 1.29 is 88.5 Å². The molecule has 2 aromatic rings. The van der Waals surface area contributed by atoms with Crippen LogP contribution < -0.4 is 4.90 Å². The molecule has 0 bridgehead atoms. The van der Waals surface area contributed by atoms with Gasteiger partial charge in [-0.25, -0.2) is 56.0 Å². The smallest absolute Gasteiger partial charge is 0.303 e. The summed E-state index contributed by atoms with van der Waals surface area (Å²) in [5, 5.41) is 9.04. The summed E-state index contributed by atoms with van der Waals surface area (Å²) in [5.74, 6) is -19.0. The topological polar surface area (TPSA) is 215 Å². The Morgan fingerprint density at radius 3 is 1.61 bits per heavy atom. The van der Waals surface area contributed by atoms with Crippen molar-refractivity contribution in [3.05, 3.63) is 106 Å². The fraction of sp³-hybridized carbons (Fsp3) is 0.488. The second-order valence-corrected chi connectivity index (χ2v) is 21.2. The predicted molar refractivity (Wildman–Crippen MR) is 227 cm³/mol. The molecule has 0 saturated heterocycles. The molecule has 13 nitrogen and oxygen atoms in total. The Bertz CT molecular complexity index is 2730. The quantitative estimate of drug-likeness (QED) is 0.0191. The number of benzene rings is 2. The number of allylic oxidation sites excluding steroid dienone is 8. The molecule has 2 aliphatic heterocycles. The molecule has 2 atom stereocenters. The van der Waals surface area contributed by atoms with Crippen molar-refractivity contribution in [3.8, 4) is 0 Å². The van der Waals surface area contributed by atoms with Crippen LogP contribution in [0, 0.1) is 46.5 Å². The van der Waals surface area contributed by atoms with Crippen LogP contribution in [0.3, 0.4) is 0 Å². The van der Waals surface area contributed by atoms with Gasteiger partial charge in [0.05, 0.1) is 47.0 Å². The molecule has 67 heavy (non-hydrogen) atoms. The van der Waals surface area contributed by atoms with E-state index in [0.717, 1.165) is 4.90 Å². The Labute approximate surface area is 383 Å². The first-order chi connectivity index (χ1) is 31.1. The van der Waals surface area contributed by atoms with Crippen molar-refractivity contribution in [1.29, 1.82) is 0 Å². The van der Waals surface area contributed by atoms with E-state index in [1.54, 1.807) is 0 Å². The summed E-state index contributed by atoms with van der Waals surface area (Å²) in [6.45, 7) is 2.25. The molecule has 4 rings (SSSR count). The number of aliphatic carboxylic acids is 1. The van der Waals surface area contributed by atoms with Crippen molar-refractivity contribution in [1.82, 2.24) is 0 Å². The van der Waals surface area contributed by atoms with Crippen LogP contribution in [0.15, 0.2) is 48.2 Å². The number of halogens is 8. The molecule has 372 valence electrons. The highest BCUT2D eigenvalue weighted by atomic mass is 32.2. The van der Waals surface area contributed by atoms with Crippen molar-refractivity contribution in [2.75, 3.05) is 35.2 Å². The Hall–Kier alpha value is -4.49. The summed E-state index contributed by atoms with van der Waals surface area (Å²) >= 11 is 0. The summed E-state index contributed by atoms with van der Waals surface area (Å²) in [6, 6.07) is 0. The van der Waals surface area contributed by atoms with Gasteiger partial charge in [0.1, 0.15) is 6.54 Å². The molecular weight excluding hydrogens is 969 g/mol. The van der Waals surface area contributed by atoms with Gasteiger partial charge in [-0.1, -0.05) is 43.2 Å². The molecule has 2 aliphatic rings. The molecule has 1 N–H and O–H groups in total. The van der Waals surface area contributed by atoms with Gasteiger partial charge in [-0.3, -0.25) is 4.79 Å². The van der Waals surface area contributed by atoms with Crippen LogP contribution in [0.25, 0.3) is 0 Å². The summed E-state index contributed by atoms with van der Waals surface area (Å²) in [6.07, 6.45) is 8.43. The molecule has 2 aromatic carbocycles. The van der Waals surface area contributed by atoms with Gasteiger partial charge >= 0.3 is 5.97 Å². The van der Waals surface area contributed by atoms with Gasteiger partial charge < -0.3 is 23.7 Å². The monoisotopic (exact) mass is 1020 g/mol. The molecule has 0 radical (unpaired) electrons. The normalized spacial score (nSPS) is 19.6. The van der Waals surface area contributed by atoms with Crippen LogP contribution in [0.1, 0.15) is 102 Å². The fourth-order valence-corrected chi connectivity index (χ4v) is 10.3. The maximum absolute atomic E-state index is 15.8. The Morgan fingerprint density at radius 1 is 0.582 bits per heavy atom. The minimum absolute atomic E-state index is 0.00258. The zero-order chi connectivity index (χ0) is 50.3. The van der Waals surface area contributed by atoms with E-state index >= 15 is 17.6 Å². The molecule has 0 aliphatic carbocycles. The third-order valence-electron chi connectivity index (χ3n) is 11.7. The molecular formula is C43H48F8N2O11S3-2. The molecule has 0 fully saturated rings. The highest BCUT2D eigenvalue weighted by molar-refractivity contribution is 7.86. The van der Waals surface area contributed by atoms with E-state index in [1.807, 2.05) is 0 Å². The van der Waals surface area contributed by atoms with Crippen LogP contribution in [0.4, 0.5) is 46.5 Å². The third kappa shape index (κ3) is 13.4. The van der Waals surface area contributed by atoms with E-state index in [2.05, 4.69) is 0 Å². The first-order valence-electron chi connectivity index (χ1n) is 21.0. The average Bonchev–Trinajstić information content (AvgIpc) is 3.61. The number of rotatable bonds is 25. The minimum Gasteiger partial charge on any atom is -0.748 e. The summed E-state index contributed by atoms with van der Waals surface area (Å²) in [5.41, 5.74) is -5.86. The summed E-state index contributed by atoms with van der Waals surface area (Å²) in [4.78, 5) is 12.1. The van der Waals surface area contributed by atoms with Gasteiger partial charge in [0.2, 0.25) is 11.6 Å². The number of nitrogens with zero attached hydrogens (tertiary/aromatic N) is 2. The maximum Gasteiger partial charge on any atom is 0.303 e. The molecule has 2 heterocycles. The lowest BCUT2D eigenvalue weighted by molar-refractivity contribution is -0.441. The number of hydrogen-bond donors (Lipinski definition) is 1. The van der Waals surface area contributed by atoms with Crippen molar-refractivity contribution in [2.24, 2.45) is 0 Å². The number of hydrogen-bond acceptors (Lipinski definition) is 11. The van der Waals surface area contributed by atoms with E-state index < -0.39 is 133 Å². The standard InChI is InChI=1S/C43H50F8N2O11S3/c1-42(20-10-14-24-65(56,57)58)27(52(22-12-6-9-19-29(54)55)40-30(42)32(44)34(46)36(48)38(40)50)17-7-4-3-5-8-18-28-43(2,21-11-15-25-66(59,60)61)31-33(45)35(47)37(49)39(51)41(31)53(28)23-13-16-26-67(62,63)64/h3-5,7-8,17-18H,6,9-16,19-26H2,1-2H3,(H3-,54,55,56,57,58,59,60,61,62,63,64)/p-2. The van der Waals surface area contributed by atoms with Crippen LogP contribution >= 0.6 is 0 Å². The highest BCUT2D eigenvalue weighted by Crippen LogP contribution is 2.54. The average molecular weight is 1020 g/mol. The summed E-state index contributed by atoms with van der Waals surface area (Å²) < 4.78 is 225. The van der Waals surface area contributed by atoms with Crippen LogP contribution in [0.5, 0.6) is 0 Å². The highest BCUT2D eigenvalue weighted by Gasteiger charge is 2.53. The summed E-state index contributed by atoms with van der Waals surface area (Å²) in [7, 11) is -14.1. The first-order valence-corrected chi connectivity index (χ1v) is 25.7. The van der Waals surface area contributed by atoms with E-state index in [4.69, 9.17) is 5.11 Å². The number of fused-ring (bicyclic) bond motifs is 2. The second-order valence-electron chi connectivity index (χ2n) is 16.6. The molecule has 0 saturated carbocycles. The largest absolute Gasteiger partial charge is 0.748 e. The lowest BCUT2D eigenvalue weighted by Crippen LogP contribution is -2.32. The van der Waals surface area contributed by atoms with Gasteiger partial charge in [0.25, 0.3) is 5.69 Å². The molecule has 0 spiro atoms. The minimum atomic E-state index is -4.69. The molecule has 2 unspecified atom stereocenters. The number of unbranched alkanes of at least 4 members (excludes halogenated alkanes) is 5. The predicted octanol–water partition coefficient (Wildman–Crippen LogP) is 7.89. The van der Waals surface area contributed by atoms with Gasteiger partial charge in [-0.15, -0.1) is 0 Å². The Morgan fingerprint density at radius 2 is 1.06 bits per heavy atom. The van der Waals surface area contributed by atoms with E-state index in [1.165, 1.54) is 61.0 Å². The maximum atomic E-state index is 15.8. The lowest BCUT2D eigenvalue weighted by Gasteiger charge is -2.30. The molecule has 0 amide bonds. The zero-order valence-corrected chi connectivity index (χ0v) is 38.7. The number of carboxylic acids is 1. The van der Waals surface area contributed by atoms with Crippen LogP contribution in [-0.4, -0.2) is 90.6 Å². The Balaban J connectivity index is 1.78. The number of carbonyl (C=O) groups is 1. The van der Waals surface area contributed by atoms with E-state index in [-0.39, 0.29) is 102 Å². The van der Waals surface area contributed by atoms with Crippen LogP contribution in [0.2, 0.25) is 0 Å². The van der Waals surface area contributed by atoms with Crippen LogP contribution in [-0.2, 0) is 46.0 Å².